The van der Waals surface area contributed by atoms with Crippen LogP contribution < -0.4 is 9.80 Å². The molecule has 1 atom stereocenters. The van der Waals surface area contributed by atoms with Gasteiger partial charge in [-0.25, -0.2) is 8.78 Å². The molecule has 2 aromatic rings. The van der Waals surface area contributed by atoms with E-state index in [-0.39, 0.29) is 11.9 Å². The van der Waals surface area contributed by atoms with Crippen molar-refractivity contribution in [2.24, 2.45) is 0 Å². The fraction of sp³-hybridized carbons (Fsp3) is 0.316. The Balaban J connectivity index is 2.31. The van der Waals surface area contributed by atoms with Crippen molar-refractivity contribution in [3.05, 3.63) is 52.1 Å². The summed E-state index contributed by atoms with van der Waals surface area (Å²) in [5.41, 5.74) is 4.37. The maximum atomic E-state index is 14.7. The topological polar surface area (TPSA) is 30.3 Å². The van der Waals surface area contributed by atoms with Crippen molar-refractivity contribution >= 4 is 17.1 Å². The van der Waals surface area contributed by atoms with E-state index in [2.05, 4.69) is 12.1 Å². The van der Waals surface area contributed by atoms with E-state index < -0.39 is 17.2 Å². The first-order chi connectivity index (χ1) is 11.3. The molecular weight excluding hydrogens is 308 g/mol. The summed E-state index contributed by atoms with van der Waals surface area (Å²) >= 11 is 0. The van der Waals surface area contributed by atoms with E-state index >= 15 is 0 Å². The van der Waals surface area contributed by atoms with E-state index in [0.29, 0.717) is 5.69 Å². The Kier molecular flexibility index (Phi) is 3.71. The lowest BCUT2D eigenvalue weighted by Crippen LogP contribution is -2.36. The molecule has 0 spiro atoms. The molecule has 0 N–H and O–H groups in total. The van der Waals surface area contributed by atoms with Crippen LogP contribution in [0.25, 0.3) is 0 Å². The van der Waals surface area contributed by atoms with Crippen LogP contribution in [0.2, 0.25) is 0 Å². The Morgan fingerprint density at radius 2 is 1.62 bits per heavy atom. The van der Waals surface area contributed by atoms with Crippen LogP contribution in [0.15, 0.2) is 18.2 Å². The third-order valence-electron chi connectivity index (χ3n) is 4.71. The minimum Gasteiger partial charge on any atom is -0.350 e. The third kappa shape index (κ3) is 2.14. The second-order valence-corrected chi connectivity index (χ2v) is 6.39. The molecule has 1 heterocycles. The van der Waals surface area contributed by atoms with E-state index in [9.17, 15) is 8.78 Å². The summed E-state index contributed by atoms with van der Waals surface area (Å²) in [6.45, 7) is 7.95. The fourth-order valence-electron chi connectivity index (χ4n) is 3.64. The minimum atomic E-state index is -0.830. The average molecular weight is 327 g/mol. The zero-order valence-electron chi connectivity index (χ0n) is 14.4. The highest BCUT2D eigenvalue weighted by molar-refractivity contribution is 5.86. The largest absolute Gasteiger partial charge is 0.350 e. The van der Waals surface area contributed by atoms with E-state index in [1.807, 2.05) is 32.6 Å². The molecule has 0 amide bonds. The molecule has 0 unspecified atom stereocenters. The van der Waals surface area contributed by atoms with Gasteiger partial charge >= 0.3 is 0 Å². The summed E-state index contributed by atoms with van der Waals surface area (Å²) in [6.07, 6.45) is -0.192. The summed E-state index contributed by atoms with van der Waals surface area (Å²) < 4.78 is 28.9. The monoisotopic (exact) mass is 327 g/mol. The number of rotatable bonds is 1. The molecule has 3 rings (SSSR count). The van der Waals surface area contributed by atoms with Gasteiger partial charge in [0, 0.05) is 18.8 Å². The van der Waals surface area contributed by atoms with Gasteiger partial charge < -0.3 is 9.80 Å². The molecule has 0 aromatic heterocycles. The van der Waals surface area contributed by atoms with Gasteiger partial charge in [0.05, 0.1) is 5.69 Å². The molecule has 0 radical (unpaired) electrons. The SMILES string of the molecule is Cc1cc(C)c(N2c3cc(F)c(C#N)c(F)c3N(C)[C@@H]2C)c(C)c1. The third-order valence-corrected chi connectivity index (χ3v) is 4.71. The number of nitriles is 1. The number of fused-ring (bicyclic) bond motifs is 1. The molecule has 0 saturated heterocycles. The molecule has 0 aliphatic carbocycles. The quantitative estimate of drug-likeness (QED) is 0.761. The van der Waals surface area contributed by atoms with E-state index in [4.69, 9.17) is 5.26 Å². The highest BCUT2D eigenvalue weighted by Crippen LogP contribution is 2.48. The first-order valence-electron chi connectivity index (χ1n) is 7.80. The van der Waals surface area contributed by atoms with Gasteiger partial charge in [0.1, 0.15) is 29.3 Å². The molecule has 0 fully saturated rings. The predicted octanol–water partition coefficient (Wildman–Crippen LogP) is 4.70. The molecule has 124 valence electrons. The molecule has 0 saturated carbocycles. The van der Waals surface area contributed by atoms with Gasteiger partial charge in [-0.15, -0.1) is 0 Å². The van der Waals surface area contributed by atoms with Crippen molar-refractivity contribution in [3.63, 3.8) is 0 Å². The van der Waals surface area contributed by atoms with Crippen LogP contribution in [0.5, 0.6) is 0 Å². The van der Waals surface area contributed by atoms with Gasteiger partial charge in [0.15, 0.2) is 5.82 Å². The second-order valence-electron chi connectivity index (χ2n) is 6.39. The smallest absolute Gasteiger partial charge is 0.169 e. The van der Waals surface area contributed by atoms with Crippen molar-refractivity contribution in [2.45, 2.75) is 33.9 Å². The Labute approximate surface area is 140 Å². The van der Waals surface area contributed by atoms with Crippen molar-refractivity contribution < 1.29 is 8.78 Å². The number of anilines is 3. The molecule has 1 aliphatic rings. The van der Waals surface area contributed by atoms with Crippen LogP contribution in [0.1, 0.15) is 29.2 Å². The molecule has 24 heavy (non-hydrogen) atoms. The molecule has 0 bridgehead atoms. The van der Waals surface area contributed by atoms with E-state index in [0.717, 1.165) is 22.4 Å². The lowest BCUT2D eigenvalue weighted by Gasteiger charge is -2.30. The lowest BCUT2D eigenvalue weighted by molar-refractivity contribution is 0.577. The standard InChI is InChI=1S/C19H19F2N3/c1-10-6-11(2)18(12(3)7-10)24-13(4)23(5)19-16(24)8-15(20)14(9-22)17(19)21/h6-8,13H,1-5H3/t13-/m0/s1. The van der Waals surface area contributed by atoms with Crippen LogP contribution in [-0.2, 0) is 0 Å². The number of aryl methyl sites for hydroxylation is 3. The van der Waals surface area contributed by atoms with Gasteiger partial charge in [0.25, 0.3) is 0 Å². The van der Waals surface area contributed by atoms with Crippen molar-refractivity contribution in [2.75, 3.05) is 16.8 Å². The Hall–Kier alpha value is -2.61. The Morgan fingerprint density at radius 1 is 1.04 bits per heavy atom. The summed E-state index contributed by atoms with van der Waals surface area (Å²) in [4.78, 5) is 3.68. The molecule has 1 aliphatic heterocycles. The molecule has 2 aromatic carbocycles. The summed E-state index contributed by atoms with van der Waals surface area (Å²) in [5.74, 6) is -1.63. The highest BCUT2D eigenvalue weighted by Gasteiger charge is 2.37. The summed E-state index contributed by atoms with van der Waals surface area (Å²) in [7, 11) is 1.75. The molecule has 3 nitrogen and oxygen atoms in total. The van der Waals surface area contributed by atoms with Gasteiger partial charge in [-0.1, -0.05) is 17.7 Å². The zero-order valence-corrected chi connectivity index (χ0v) is 14.4. The number of halogens is 2. The number of hydrogen-bond acceptors (Lipinski definition) is 3. The first-order valence-corrected chi connectivity index (χ1v) is 7.80. The number of nitrogens with zero attached hydrogens (tertiary/aromatic N) is 3. The predicted molar refractivity (Wildman–Crippen MR) is 91.7 cm³/mol. The Morgan fingerprint density at radius 3 is 2.17 bits per heavy atom. The van der Waals surface area contributed by atoms with Crippen LogP contribution >= 0.6 is 0 Å². The van der Waals surface area contributed by atoms with E-state index in [1.54, 1.807) is 18.0 Å². The zero-order chi connectivity index (χ0) is 17.8. The second kappa shape index (κ2) is 5.48. The minimum absolute atomic E-state index is 0.192. The van der Waals surface area contributed by atoms with E-state index in [1.165, 1.54) is 6.07 Å². The van der Waals surface area contributed by atoms with Gasteiger partial charge in [-0.3, -0.25) is 0 Å². The van der Waals surface area contributed by atoms with Crippen LogP contribution in [0.3, 0.4) is 0 Å². The maximum absolute atomic E-state index is 14.7. The first kappa shape index (κ1) is 16.3. The normalized spacial score (nSPS) is 16.3. The Bertz CT molecular complexity index is 860. The molecule has 5 heteroatoms. The van der Waals surface area contributed by atoms with Crippen LogP contribution in [0.4, 0.5) is 25.8 Å². The lowest BCUT2D eigenvalue weighted by atomic mass is 10.0. The van der Waals surface area contributed by atoms with Crippen LogP contribution in [0, 0.1) is 43.7 Å². The van der Waals surface area contributed by atoms with Gasteiger partial charge in [0.2, 0.25) is 0 Å². The van der Waals surface area contributed by atoms with Crippen LogP contribution in [-0.4, -0.2) is 13.2 Å². The van der Waals surface area contributed by atoms with Crippen molar-refractivity contribution in [1.82, 2.24) is 0 Å². The van der Waals surface area contributed by atoms with Crippen molar-refractivity contribution in [1.29, 1.82) is 5.26 Å². The van der Waals surface area contributed by atoms with Gasteiger partial charge in [-0.2, -0.15) is 5.26 Å². The molecular formula is C19H19F2N3. The number of benzene rings is 2. The summed E-state index contributed by atoms with van der Waals surface area (Å²) in [6, 6.07) is 7.00. The summed E-state index contributed by atoms with van der Waals surface area (Å²) in [5, 5.41) is 9.02. The van der Waals surface area contributed by atoms with Crippen molar-refractivity contribution in [3.8, 4) is 6.07 Å². The fourth-order valence-corrected chi connectivity index (χ4v) is 3.64. The average Bonchev–Trinajstić information content (AvgIpc) is 2.71. The highest BCUT2D eigenvalue weighted by atomic mass is 19.1. The van der Waals surface area contributed by atoms with Gasteiger partial charge in [-0.05, 0) is 38.8 Å². The maximum Gasteiger partial charge on any atom is 0.169 e. The number of hydrogen-bond donors (Lipinski definition) is 0.